The molecule has 1 N–H and O–H groups in total. The molecule has 0 bridgehead atoms. The van der Waals surface area contributed by atoms with Crippen molar-refractivity contribution >= 4 is 54.7 Å². The van der Waals surface area contributed by atoms with Gasteiger partial charge < -0.3 is 4.98 Å². The molecular formula is C30H27NS. The number of rotatable bonds is 6. The van der Waals surface area contributed by atoms with Crippen LogP contribution in [0.1, 0.15) is 37.5 Å². The second kappa shape index (κ2) is 8.11. The van der Waals surface area contributed by atoms with E-state index in [1.165, 1.54) is 90.8 Å². The Balaban J connectivity index is 1.40. The van der Waals surface area contributed by atoms with Crippen LogP contribution in [0.25, 0.3) is 53.8 Å². The summed E-state index contributed by atoms with van der Waals surface area (Å²) in [5.74, 6) is 0. The van der Waals surface area contributed by atoms with E-state index in [4.69, 9.17) is 0 Å². The zero-order valence-corrected chi connectivity index (χ0v) is 19.3. The number of aromatic amines is 1. The minimum atomic E-state index is 1.21. The van der Waals surface area contributed by atoms with Crippen LogP contribution >= 0.6 is 11.3 Å². The number of nitrogens with one attached hydrogen (secondary N) is 1. The van der Waals surface area contributed by atoms with Crippen LogP contribution in [0.2, 0.25) is 0 Å². The van der Waals surface area contributed by atoms with E-state index >= 15 is 0 Å². The second-order valence-corrected chi connectivity index (χ2v) is 10.0. The zero-order valence-electron chi connectivity index (χ0n) is 18.4. The molecule has 0 saturated heterocycles. The largest absolute Gasteiger partial charge is 0.353 e. The molecule has 6 aromatic rings. The fourth-order valence-corrected chi connectivity index (χ4v) is 6.04. The van der Waals surface area contributed by atoms with Crippen molar-refractivity contribution in [1.29, 1.82) is 0 Å². The van der Waals surface area contributed by atoms with Crippen molar-refractivity contribution in [2.24, 2.45) is 0 Å². The highest BCUT2D eigenvalue weighted by Gasteiger charge is 2.11. The maximum atomic E-state index is 3.76. The molecule has 2 heteroatoms. The van der Waals surface area contributed by atoms with Gasteiger partial charge >= 0.3 is 0 Å². The third-order valence-electron chi connectivity index (χ3n) is 6.71. The molecule has 0 unspecified atom stereocenters. The molecule has 158 valence electrons. The van der Waals surface area contributed by atoms with Crippen molar-refractivity contribution in [3.05, 3.63) is 83.7 Å². The Kier molecular flexibility index (Phi) is 4.96. The van der Waals surface area contributed by atoms with Crippen molar-refractivity contribution in [1.82, 2.24) is 4.98 Å². The van der Waals surface area contributed by atoms with Gasteiger partial charge in [-0.2, -0.15) is 0 Å². The van der Waals surface area contributed by atoms with E-state index in [9.17, 15) is 0 Å². The van der Waals surface area contributed by atoms with Gasteiger partial charge in [-0.3, -0.25) is 0 Å². The molecule has 1 nitrogen and oxygen atoms in total. The summed E-state index contributed by atoms with van der Waals surface area (Å²) in [6, 6.07) is 29.2. The number of thiophene rings is 1. The normalized spacial score (nSPS) is 11.9. The summed E-state index contributed by atoms with van der Waals surface area (Å²) in [6.45, 7) is 2.27. The summed E-state index contributed by atoms with van der Waals surface area (Å²) >= 11 is 1.95. The van der Waals surface area contributed by atoms with E-state index in [1.807, 2.05) is 11.3 Å². The van der Waals surface area contributed by atoms with Gasteiger partial charge in [-0.1, -0.05) is 86.8 Å². The van der Waals surface area contributed by atoms with Gasteiger partial charge in [-0.25, -0.2) is 0 Å². The summed E-state index contributed by atoms with van der Waals surface area (Å²) in [6.07, 6.45) is 6.50. The van der Waals surface area contributed by atoms with E-state index in [-0.39, 0.29) is 0 Å². The zero-order chi connectivity index (χ0) is 21.5. The fourth-order valence-electron chi connectivity index (χ4n) is 4.99. The Morgan fingerprint density at radius 3 is 2.25 bits per heavy atom. The van der Waals surface area contributed by atoms with Gasteiger partial charge in [0.1, 0.15) is 0 Å². The molecule has 0 atom stereocenters. The minimum absolute atomic E-state index is 1.21. The van der Waals surface area contributed by atoms with E-state index in [0.29, 0.717) is 0 Å². The molecular weight excluding hydrogens is 406 g/mol. The molecule has 0 aliphatic carbocycles. The highest BCUT2D eigenvalue weighted by atomic mass is 32.1. The number of aromatic nitrogens is 1. The van der Waals surface area contributed by atoms with Crippen molar-refractivity contribution in [3.63, 3.8) is 0 Å². The lowest BCUT2D eigenvalue weighted by molar-refractivity contribution is 0.670. The lowest BCUT2D eigenvalue weighted by Gasteiger charge is -2.04. The van der Waals surface area contributed by atoms with Crippen molar-refractivity contribution < 1.29 is 0 Å². The molecule has 0 saturated carbocycles. The van der Waals surface area contributed by atoms with E-state index in [1.54, 1.807) is 0 Å². The second-order valence-electron chi connectivity index (χ2n) is 8.83. The number of unbranched alkanes of at least 4 members (excludes halogenated alkanes) is 3. The van der Waals surface area contributed by atoms with Gasteiger partial charge in [0.05, 0.1) is 11.0 Å². The molecule has 0 fully saturated rings. The lowest BCUT2D eigenvalue weighted by atomic mass is 10.0. The van der Waals surface area contributed by atoms with Gasteiger partial charge in [-0.05, 0) is 47.4 Å². The average Bonchev–Trinajstić information content (AvgIpc) is 3.46. The first kappa shape index (κ1) is 19.6. The first-order chi connectivity index (χ1) is 15.8. The number of H-pyrrole nitrogens is 1. The Morgan fingerprint density at radius 2 is 1.41 bits per heavy atom. The van der Waals surface area contributed by atoms with E-state index in [2.05, 4.69) is 90.8 Å². The van der Waals surface area contributed by atoms with E-state index < -0.39 is 0 Å². The first-order valence-electron chi connectivity index (χ1n) is 11.8. The molecule has 2 aromatic heterocycles. The predicted octanol–water partition coefficient (Wildman–Crippen LogP) is 9.48. The lowest BCUT2D eigenvalue weighted by Crippen LogP contribution is -1.80. The van der Waals surface area contributed by atoms with Crippen LogP contribution in [-0.4, -0.2) is 4.98 Å². The van der Waals surface area contributed by atoms with Crippen molar-refractivity contribution in [2.45, 2.75) is 39.0 Å². The van der Waals surface area contributed by atoms with Crippen LogP contribution in [0.3, 0.4) is 0 Å². The van der Waals surface area contributed by atoms with Gasteiger partial charge in [0.25, 0.3) is 0 Å². The number of aryl methyl sites for hydroxylation is 1. The highest BCUT2D eigenvalue weighted by Crippen LogP contribution is 2.37. The highest BCUT2D eigenvalue weighted by molar-refractivity contribution is 7.15. The molecule has 0 aliphatic heterocycles. The number of hydrogen-bond donors (Lipinski definition) is 1. The van der Waals surface area contributed by atoms with Crippen LogP contribution < -0.4 is 0 Å². The minimum Gasteiger partial charge on any atom is -0.353 e. The topological polar surface area (TPSA) is 15.8 Å². The number of benzene rings is 4. The summed E-state index contributed by atoms with van der Waals surface area (Å²) in [5.41, 5.74) is 3.80. The quantitative estimate of drug-likeness (QED) is 0.252. The summed E-state index contributed by atoms with van der Waals surface area (Å²) in [5, 5.41) is 7.76. The van der Waals surface area contributed by atoms with Gasteiger partial charge in [0, 0.05) is 31.3 Å². The average molecular weight is 434 g/mol. The Hall–Kier alpha value is -3.10. The Bertz CT molecular complexity index is 1570. The summed E-state index contributed by atoms with van der Waals surface area (Å²) in [4.78, 5) is 6.65. The number of hydrogen-bond acceptors (Lipinski definition) is 1. The van der Waals surface area contributed by atoms with Crippen LogP contribution in [0.5, 0.6) is 0 Å². The maximum Gasteiger partial charge on any atom is 0.0544 e. The van der Waals surface area contributed by atoms with Crippen LogP contribution in [0.4, 0.5) is 0 Å². The standard InChI is InChI=1S/C30H27NS/c1-2-3-4-5-9-23-14-18-28(32-23)22-13-15-25-21(19-22)12-17-27-26-16-11-20-8-6-7-10-24(20)29(26)31-30(25)27/h6-8,10-19,31H,2-5,9H2,1H3. The third kappa shape index (κ3) is 3.30. The molecule has 32 heavy (non-hydrogen) atoms. The molecule has 0 aliphatic rings. The molecule has 0 radical (unpaired) electrons. The summed E-state index contributed by atoms with van der Waals surface area (Å²) in [7, 11) is 0. The van der Waals surface area contributed by atoms with E-state index in [0.717, 1.165) is 0 Å². The fraction of sp³-hybridized carbons (Fsp3) is 0.200. The molecule has 2 heterocycles. The van der Waals surface area contributed by atoms with Gasteiger partial charge in [0.15, 0.2) is 0 Å². The Morgan fingerprint density at radius 1 is 0.656 bits per heavy atom. The Labute approximate surface area is 192 Å². The number of fused-ring (bicyclic) bond motifs is 7. The smallest absolute Gasteiger partial charge is 0.0544 e. The first-order valence-corrected chi connectivity index (χ1v) is 12.6. The summed E-state index contributed by atoms with van der Waals surface area (Å²) < 4.78 is 0. The maximum absolute atomic E-state index is 3.76. The van der Waals surface area contributed by atoms with Crippen molar-refractivity contribution in [3.8, 4) is 10.4 Å². The van der Waals surface area contributed by atoms with Crippen LogP contribution in [0, 0.1) is 0 Å². The molecule has 0 spiro atoms. The van der Waals surface area contributed by atoms with Gasteiger partial charge in [-0.15, -0.1) is 11.3 Å². The van der Waals surface area contributed by atoms with Crippen LogP contribution in [-0.2, 0) is 6.42 Å². The molecule has 4 aromatic carbocycles. The molecule has 6 rings (SSSR count). The predicted molar refractivity (Wildman–Crippen MR) is 142 cm³/mol. The SMILES string of the molecule is CCCCCCc1ccc(-c2ccc3c(ccc4c5ccc6ccccc6c5[nH]c34)c2)s1. The third-order valence-corrected chi connectivity index (χ3v) is 7.91. The van der Waals surface area contributed by atoms with Gasteiger partial charge in [0.2, 0.25) is 0 Å². The molecule has 0 amide bonds. The van der Waals surface area contributed by atoms with Crippen LogP contribution in [0.15, 0.2) is 78.9 Å². The monoisotopic (exact) mass is 433 g/mol. The van der Waals surface area contributed by atoms with Crippen molar-refractivity contribution in [2.75, 3.05) is 0 Å².